The van der Waals surface area contributed by atoms with Crippen molar-refractivity contribution in [3.05, 3.63) is 47.0 Å². The van der Waals surface area contributed by atoms with E-state index < -0.39 is 0 Å². The maximum absolute atomic E-state index is 5.68. The summed E-state index contributed by atoms with van der Waals surface area (Å²) < 4.78 is 7.02. The minimum absolute atomic E-state index is 0.189. The lowest BCUT2D eigenvalue weighted by atomic mass is 10.0. The van der Waals surface area contributed by atoms with E-state index in [1.54, 1.807) is 11.3 Å². The van der Waals surface area contributed by atoms with Gasteiger partial charge >= 0.3 is 0 Å². The van der Waals surface area contributed by atoms with Crippen LogP contribution in [0, 0.1) is 0 Å². The molecule has 2 nitrogen and oxygen atoms in total. The molecule has 1 aliphatic heterocycles. The molecule has 0 saturated heterocycles. The number of rotatable bonds is 3. The average Bonchev–Trinajstić information content (AvgIpc) is 3.01. The zero-order valence-corrected chi connectivity index (χ0v) is 10.6. The number of ether oxygens (including phenoxy) is 1. The van der Waals surface area contributed by atoms with Crippen LogP contribution in [-0.2, 0) is 4.74 Å². The lowest BCUT2D eigenvalue weighted by Crippen LogP contribution is -2.18. The molecule has 0 saturated carbocycles. The van der Waals surface area contributed by atoms with E-state index in [0.717, 1.165) is 18.8 Å². The Balaban J connectivity index is 2.06. The molecular weight excluding hydrogens is 230 g/mol. The van der Waals surface area contributed by atoms with Gasteiger partial charge in [0.15, 0.2) is 0 Å². The molecule has 2 aromatic rings. The summed E-state index contributed by atoms with van der Waals surface area (Å²) in [6.45, 7) is 0.815. The number of nitrogens with one attached hydrogen (secondary N) is 1. The van der Waals surface area contributed by atoms with E-state index in [4.69, 9.17) is 4.74 Å². The van der Waals surface area contributed by atoms with Crippen LogP contribution in [-0.4, -0.2) is 13.7 Å². The van der Waals surface area contributed by atoms with Gasteiger partial charge in [-0.1, -0.05) is 18.2 Å². The average molecular weight is 245 g/mol. The molecule has 1 unspecified atom stereocenters. The first kappa shape index (κ1) is 10.8. The number of benzene rings is 1. The lowest BCUT2D eigenvalue weighted by Gasteiger charge is -2.17. The highest BCUT2D eigenvalue weighted by atomic mass is 32.1. The molecule has 3 rings (SSSR count). The molecule has 0 radical (unpaired) electrons. The van der Waals surface area contributed by atoms with Crippen molar-refractivity contribution in [1.29, 1.82) is 0 Å². The van der Waals surface area contributed by atoms with Crippen molar-refractivity contribution in [3.8, 4) is 0 Å². The molecule has 0 fully saturated rings. The number of likely N-dealkylation sites (N-methyl/N-ethyl adjacent to an activating group) is 1. The molecule has 1 N–H and O–H groups in total. The molecule has 0 amide bonds. The highest BCUT2D eigenvalue weighted by Crippen LogP contribution is 2.34. The second-order valence-corrected chi connectivity index (χ2v) is 5.06. The quantitative estimate of drug-likeness (QED) is 0.894. The van der Waals surface area contributed by atoms with Crippen molar-refractivity contribution >= 4 is 21.4 Å². The predicted octanol–water partition coefficient (Wildman–Crippen LogP) is 3.47. The van der Waals surface area contributed by atoms with Crippen molar-refractivity contribution in [1.82, 2.24) is 5.32 Å². The molecule has 2 heterocycles. The van der Waals surface area contributed by atoms with E-state index in [-0.39, 0.29) is 6.04 Å². The van der Waals surface area contributed by atoms with E-state index in [0.29, 0.717) is 0 Å². The summed E-state index contributed by atoms with van der Waals surface area (Å²) in [4.78, 5) is 0. The van der Waals surface area contributed by atoms with E-state index in [1.807, 2.05) is 7.05 Å². The topological polar surface area (TPSA) is 21.3 Å². The Hall–Kier alpha value is -1.32. The Labute approximate surface area is 105 Å². The van der Waals surface area contributed by atoms with Crippen LogP contribution in [0.1, 0.15) is 18.0 Å². The Kier molecular flexibility index (Phi) is 2.87. The molecule has 3 heteroatoms. The highest BCUT2D eigenvalue weighted by molar-refractivity contribution is 7.17. The third-order valence-corrected chi connectivity index (χ3v) is 4.11. The van der Waals surface area contributed by atoms with Crippen molar-refractivity contribution in [3.63, 3.8) is 0 Å². The second kappa shape index (κ2) is 4.51. The summed E-state index contributed by atoms with van der Waals surface area (Å²) in [6, 6.07) is 8.71. The van der Waals surface area contributed by atoms with Gasteiger partial charge < -0.3 is 10.1 Å². The monoisotopic (exact) mass is 245 g/mol. The maximum Gasteiger partial charge on any atom is 0.114 e. The normalized spacial score (nSPS) is 16.9. The summed E-state index contributed by atoms with van der Waals surface area (Å²) in [5.74, 6) is 1.07. The first-order chi connectivity index (χ1) is 8.40. The first-order valence-electron chi connectivity index (χ1n) is 5.86. The zero-order chi connectivity index (χ0) is 11.7. The van der Waals surface area contributed by atoms with Crippen LogP contribution in [0.25, 0.3) is 10.1 Å². The van der Waals surface area contributed by atoms with Gasteiger partial charge in [0, 0.05) is 11.1 Å². The molecule has 1 atom stereocenters. The molecule has 0 aliphatic carbocycles. The van der Waals surface area contributed by atoms with Crippen LogP contribution >= 0.6 is 11.3 Å². The Bertz CT molecular complexity index is 558. The summed E-state index contributed by atoms with van der Waals surface area (Å²) in [5, 5.41) is 6.91. The summed E-state index contributed by atoms with van der Waals surface area (Å²) in [7, 11) is 1.99. The lowest BCUT2D eigenvalue weighted by molar-refractivity contribution is 0.218. The van der Waals surface area contributed by atoms with Crippen molar-refractivity contribution in [2.45, 2.75) is 12.5 Å². The minimum Gasteiger partial charge on any atom is -0.496 e. The largest absolute Gasteiger partial charge is 0.496 e. The molecule has 1 aliphatic rings. The fourth-order valence-corrected chi connectivity index (χ4v) is 3.30. The first-order valence-corrected chi connectivity index (χ1v) is 6.74. The fraction of sp³-hybridized carbons (Fsp3) is 0.286. The second-order valence-electron chi connectivity index (χ2n) is 4.15. The maximum atomic E-state index is 5.68. The summed E-state index contributed by atoms with van der Waals surface area (Å²) in [5.41, 5.74) is 1.32. The molecule has 1 aromatic carbocycles. The van der Waals surface area contributed by atoms with E-state index in [9.17, 15) is 0 Å². The van der Waals surface area contributed by atoms with E-state index in [2.05, 4.69) is 41.0 Å². The van der Waals surface area contributed by atoms with Gasteiger partial charge in [-0.25, -0.2) is 0 Å². The molecule has 0 bridgehead atoms. The van der Waals surface area contributed by atoms with E-state index >= 15 is 0 Å². The third-order valence-electron chi connectivity index (χ3n) is 3.13. The van der Waals surface area contributed by atoms with Crippen LogP contribution in [0.2, 0.25) is 0 Å². The summed E-state index contributed by atoms with van der Waals surface area (Å²) >= 11 is 1.79. The van der Waals surface area contributed by atoms with Gasteiger partial charge in [-0.3, -0.25) is 0 Å². The van der Waals surface area contributed by atoms with Gasteiger partial charge in [0.25, 0.3) is 0 Å². The standard InChI is InChI=1S/C14H15NOS/c1-15-14(12-6-4-8-16-12)11-9-17-13-7-3-2-5-10(11)13/h2-3,5-7,9,14-15H,4,8H2,1H3. The number of thiophene rings is 1. The number of hydrogen-bond donors (Lipinski definition) is 1. The van der Waals surface area contributed by atoms with Crippen molar-refractivity contribution in [2.24, 2.45) is 0 Å². The zero-order valence-electron chi connectivity index (χ0n) is 9.77. The van der Waals surface area contributed by atoms with Crippen LogP contribution in [0.15, 0.2) is 41.5 Å². The molecule has 0 spiro atoms. The Morgan fingerprint density at radius 1 is 1.35 bits per heavy atom. The Morgan fingerprint density at radius 2 is 2.24 bits per heavy atom. The fourth-order valence-electron chi connectivity index (χ4n) is 2.31. The van der Waals surface area contributed by atoms with Crippen molar-refractivity contribution < 1.29 is 4.74 Å². The minimum atomic E-state index is 0.189. The molecule has 1 aromatic heterocycles. The molecule has 17 heavy (non-hydrogen) atoms. The van der Waals surface area contributed by atoms with Crippen LogP contribution < -0.4 is 5.32 Å². The van der Waals surface area contributed by atoms with Gasteiger partial charge in [-0.05, 0) is 35.5 Å². The smallest absolute Gasteiger partial charge is 0.114 e. The van der Waals surface area contributed by atoms with Crippen LogP contribution in [0.5, 0.6) is 0 Å². The van der Waals surface area contributed by atoms with Crippen LogP contribution in [0.4, 0.5) is 0 Å². The van der Waals surface area contributed by atoms with Gasteiger partial charge in [-0.15, -0.1) is 11.3 Å². The van der Waals surface area contributed by atoms with Crippen molar-refractivity contribution in [2.75, 3.05) is 13.7 Å². The number of hydrogen-bond acceptors (Lipinski definition) is 3. The Morgan fingerprint density at radius 3 is 3.00 bits per heavy atom. The highest BCUT2D eigenvalue weighted by Gasteiger charge is 2.21. The van der Waals surface area contributed by atoms with Gasteiger partial charge in [-0.2, -0.15) is 0 Å². The molecular formula is C14H15NOS. The number of fused-ring (bicyclic) bond motifs is 1. The molecule has 88 valence electrons. The predicted molar refractivity (Wildman–Crippen MR) is 72.3 cm³/mol. The van der Waals surface area contributed by atoms with Crippen LogP contribution in [0.3, 0.4) is 0 Å². The van der Waals surface area contributed by atoms with Gasteiger partial charge in [0.2, 0.25) is 0 Å². The van der Waals surface area contributed by atoms with E-state index in [1.165, 1.54) is 15.6 Å². The third kappa shape index (κ3) is 1.85. The summed E-state index contributed by atoms with van der Waals surface area (Å²) in [6.07, 6.45) is 3.21. The van der Waals surface area contributed by atoms with Gasteiger partial charge in [0.1, 0.15) is 5.76 Å². The van der Waals surface area contributed by atoms with Gasteiger partial charge in [0.05, 0.1) is 12.6 Å². The SMILES string of the molecule is CNC(C1=CCCO1)c1csc2ccccc12.